The van der Waals surface area contributed by atoms with E-state index in [0.29, 0.717) is 11.3 Å². The maximum Gasteiger partial charge on any atom is 0.223 e. The van der Waals surface area contributed by atoms with Crippen molar-refractivity contribution in [1.29, 1.82) is 0 Å². The van der Waals surface area contributed by atoms with Gasteiger partial charge < -0.3 is 4.90 Å². The van der Waals surface area contributed by atoms with Crippen LogP contribution >= 0.6 is 0 Å². The molecule has 1 aliphatic carbocycles. The van der Waals surface area contributed by atoms with Gasteiger partial charge in [-0.3, -0.25) is 4.79 Å². The van der Waals surface area contributed by atoms with Crippen molar-refractivity contribution in [3.63, 3.8) is 0 Å². The van der Waals surface area contributed by atoms with Crippen molar-refractivity contribution in [2.45, 2.75) is 52.0 Å². The second-order valence-corrected chi connectivity index (χ2v) is 5.68. The van der Waals surface area contributed by atoms with E-state index in [9.17, 15) is 4.79 Å². The first-order valence-corrected chi connectivity index (χ1v) is 5.24. The van der Waals surface area contributed by atoms with Gasteiger partial charge in [-0.15, -0.1) is 0 Å². The van der Waals surface area contributed by atoms with E-state index in [1.54, 1.807) is 0 Å². The minimum absolute atomic E-state index is 0.0240. The van der Waals surface area contributed by atoms with Crippen LogP contribution in [0, 0.1) is 5.41 Å². The van der Waals surface area contributed by atoms with Crippen LogP contribution in [0.2, 0.25) is 0 Å². The molecule has 2 rings (SSSR count). The largest absolute Gasteiger partial charge is 0.337 e. The highest BCUT2D eigenvalue weighted by Crippen LogP contribution is 2.49. The van der Waals surface area contributed by atoms with E-state index < -0.39 is 0 Å². The standard InChI is InChI=1S/C11H19NO/c1-10(2,3)12-8-11(5-4-6-11)7-9(12)13/h4-8H2,1-3H3. The summed E-state index contributed by atoms with van der Waals surface area (Å²) in [5.41, 5.74) is 0.417. The molecule has 0 aromatic rings. The van der Waals surface area contributed by atoms with Crippen molar-refractivity contribution in [2.75, 3.05) is 6.54 Å². The van der Waals surface area contributed by atoms with Gasteiger partial charge in [-0.05, 0) is 39.0 Å². The fraction of sp³-hybridized carbons (Fsp3) is 0.909. The van der Waals surface area contributed by atoms with E-state index in [1.165, 1.54) is 19.3 Å². The maximum atomic E-state index is 11.8. The molecule has 2 nitrogen and oxygen atoms in total. The van der Waals surface area contributed by atoms with E-state index in [4.69, 9.17) is 0 Å². The minimum atomic E-state index is 0.0240. The van der Waals surface area contributed by atoms with Crippen LogP contribution < -0.4 is 0 Å². The van der Waals surface area contributed by atoms with Crippen molar-refractivity contribution in [3.05, 3.63) is 0 Å². The zero-order valence-electron chi connectivity index (χ0n) is 8.89. The predicted molar refractivity (Wildman–Crippen MR) is 52.4 cm³/mol. The lowest BCUT2D eigenvalue weighted by Crippen LogP contribution is -2.44. The van der Waals surface area contributed by atoms with Crippen molar-refractivity contribution in [3.8, 4) is 0 Å². The third-order valence-corrected chi connectivity index (χ3v) is 3.54. The lowest BCUT2D eigenvalue weighted by molar-refractivity contribution is -0.131. The molecule has 2 heteroatoms. The van der Waals surface area contributed by atoms with Gasteiger partial charge in [-0.2, -0.15) is 0 Å². The SMILES string of the molecule is CC(C)(C)N1CC2(CCC2)CC1=O. The molecule has 1 amide bonds. The Morgan fingerprint density at radius 1 is 1.31 bits per heavy atom. The van der Waals surface area contributed by atoms with Crippen molar-refractivity contribution < 1.29 is 4.79 Å². The third kappa shape index (κ3) is 1.36. The van der Waals surface area contributed by atoms with E-state index in [-0.39, 0.29) is 5.54 Å². The van der Waals surface area contributed by atoms with Crippen LogP contribution in [0.4, 0.5) is 0 Å². The minimum Gasteiger partial charge on any atom is -0.337 e. The Hall–Kier alpha value is -0.530. The highest BCUT2D eigenvalue weighted by atomic mass is 16.2. The van der Waals surface area contributed by atoms with E-state index in [1.807, 2.05) is 0 Å². The number of amides is 1. The maximum absolute atomic E-state index is 11.8. The normalized spacial score (nSPS) is 26.7. The van der Waals surface area contributed by atoms with Crippen molar-refractivity contribution in [1.82, 2.24) is 4.90 Å². The fourth-order valence-corrected chi connectivity index (χ4v) is 2.52. The van der Waals surface area contributed by atoms with Crippen molar-refractivity contribution >= 4 is 5.91 Å². The number of likely N-dealkylation sites (tertiary alicyclic amines) is 1. The molecule has 1 saturated heterocycles. The Balaban J connectivity index is 2.12. The van der Waals surface area contributed by atoms with Crippen LogP contribution in [0.1, 0.15) is 46.5 Å². The predicted octanol–water partition coefficient (Wildman–Crippen LogP) is 2.19. The molecule has 0 radical (unpaired) electrons. The first-order valence-electron chi connectivity index (χ1n) is 5.24. The van der Waals surface area contributed by atoms with Crippen LogP contribution in [-0.4, -0.2) is 22.9 Å². The van der Waals surface area contributed by atoms with Crippen LogP contribution in [0.3, 0.4) is 0 Å². The average molecular weight is 181 g/mol. The first-order chi connectivity index (χ1) is 5.93. The highest BCUT2D eigenvalue weighted by Gasteiger charge is 2.49. The number of hydrogen-bond acceptors (Lipinski definition) is 1. The van der Waals surface area contributed by atoms with Crippen LogP contribution in [0.15, 0.2) is 0 Å². The quantitative estimate of drug-likeness (QED) is 0.561. The summed E-state index contributed by atoms with van der Waals surface area (Å²) in [7, 11) is 0. The number of hydrogen-bond donors (Lipinski definition) is 0. The molecule has 0 aromatic heterocycles. The number of carbonyl (C=O) groups excluding carboxylic acids is 1. The smallest absolute Gasteiger partial charge is 0.223 e. The number of nitrogens with zero attached hydrogens (tertiary/aromatic N) is 1. The zero-order valence-corrected chi connectivity index (χ0v) is 8.89. The van der Waals surface area contributed by atoms with Crippen LogP contribution in [0.25, 0.3) is 0 Å². The van der Waals surface area contributed by atoms with Crippen molar-refractivity contribution in [2.24, 2.45) is 5.41 Å². The van der Waals surface area contributed by atoms with Gasteiger partial charge in [0.05, 0.1) is 0 Å². The number of rotatable bonds is 0. The molecule has 1 heterocycles. The summed E-state index contributed by atoms with van der Waals surface area (Å²) in [4.78, 5) is 13.8. The molecule has 0 unspecified atom stereocenters. The Morgan fingerprint density at radius 2 is 1.92 bits per heavy atom. The summed E-state index contributed by atoms with van der Waals surface area (Å²) < 4.78 is 0. The second-order valence-electron chi connectivity index (χ2n) is 5.68. The van der Waals surface area contributed by atoms with Gasteiger partial charge in [0.15, 0.2) is 0 Å². The monoisotopic (exact) mass is 181 g/mol. The molecular formula is C11H19NO. The molecular weight excluding hydrogens is 162 g/mol. The van der Waals surface area contributed by atoms with Gasteiger partial charge in [0.1, 0.15) is 0 Å². The lowest BCUT2D eigenvalue weighted by Gasteiger charge is -2.40. The fourth-order valence-electron chi connectivity index (χ4n) is 2.52. The molecule has 74 valence electrons. The van der Waals surface area contributed by atoms with Crippen LogP contribution in [0.5, 0.6) is 0 Å². The summed E-state index contributed by atoms with van der Waals surface area (Å²) in [5, 5.41) is 0. The molecule has 1 saturated carbocycles. The summed E-state index contributed by atoms with van der Waals surface area (Å²) >= 11 is 0. The van der Waals surface area contributed by atoms with E-state index in [0.717, 1.165) is 13.0 Å². The Bertz CT molecular complexity index is 235. The van der Waals surface area contributed by atoms with Gasteiger partial charge in [-0.25, -0.2) is 0 Å². The Kier molecular flexibility index (Phi) is 1.73. The van der Waals surface area contributed by atoms with Gasteiger partial charge in [0.2, 0.25) is 5.91 Å². The molecule has 1 aliphatic heterocycles. The van der Waals surface area contributed by atoms with Gasteiger partial charge in [-0.1, -0.05) is 6.42 Å². The molecule has 0 bridgehead atoms. The van der Waals surface area contributed by atoms with Gasteiger partial charge in [0.25, 0.3) is 0 Å². The summed E-state index contributed by atoms with van der Waals surface area (Å²) in [5.74, 6) is 0.368. The van der Waals surface area contributed by atoms with E-state index >= 15 is 0 Å². The topological polar surface area (TPSA) is 20.3 Å². The molecule has 13 heavy (non-hydrogen) atoms. The molecule has 2 aliphatic rings. The zero-order chi connectivity index (χ0) is 9.69. The number of carbonyl (C=O) groups is 1. The third-order valence-electron chi connectivity index (χ3n) is 3.54. The molecule has 2 fully saturated rings. The molecule has 0 N–H and O–H groups in total. The Labute approximate surface area is 80.3 Å². The van der Waals surface area contributed by atoms with E-state index in [2.05, 4.69) is 25.7 Å². The molecule has 0 atom stereocenters. The molecule has 0 aromatic carbocycles. The molecule has 1 spiro atoms. The van der Waals surface area contributed by atoms with Gasteiger partial charge >= 0.3 is 0 Å². The summed E-state index contributed by atoms with van der Waals surface area (Å²) in [6.45, 7) is 7.39. The lowest BCUT2D eigenvalue weighted by atomic mass is 9.68. The summed E-state index contributed by atoms with van der Waals surface area (Å²) in [6, 6.07) is 0. The summed E-state index contributed by atoms with van der Waals surface area (Å²) in [6.07, 6.45) is 4.67. The average Bonchev–Trinajstić information content (AvgIpc) is 2.24. The highest BCUT2D eigenvalue weighted by molar-refractivity contribution is 5.80. The van der Waals surface area contributed by atoms with Crippen LogP contribution in [-0.2, 0) is 4.79 Å². The Morgan fingerprint density at radius 3 is 2.15 bits per heavy atom. The van der Waals surface area contributed by atoms with Gasteiger partial charge in [0, 0.05) is 18.5 Å². The first kappa shape index (κ1) is 9.04. The second kappa shape index (κ2) is 2.49.